The smallest absolute Gasteiger partial charge is 0.0353 e. The number of unbranched alkanes of at least 4 members (excludes halogenated alkanes) is 7. The molecule has 0 N–H and O–H groups in total. The molecule has 0 bridgehead atoms. The summed E-state index contributed by atoms with van der Waals surface area (Å²) in [6.07, 6.45) is 13.0. The van der Waals surface area contributed by atoms with Gasteiger partial charge in [-0.3, -0.25) is 0 Å². The quantitative estimate of drug-likeness (QED) is 0.361. The van der Waals surface area contributed by atoms with Crippen molar-refractivity contribution in [2.45, 2.75) is 58.3 Å². The third-order valence-electron chi connectivity index (χ3n) is 2.01. The van der Waals surface area contributed by atoms with Gasteiger partial charge in [-0.1, -0.05) is 51.5 Å². The summed E-state index contributed by atoms with van der Waals surface area (Å²) < 4.78 is 0. The molecule has 0 aliphatic carbocycles. The van der Waals surface area contributed by atoms with Crippen molar-refractivity contribution in [3.8, 4) is 0 Å². The van der Waals surface area contributed by atoms with Crippen LogP contribution in [0.1, 0.15) is 58.3 Å². The topological polar surface area (TPSA) is 0 Å². The fourth-order valence-corrected chi connectivity index (χ4v) is 1.25. The third-order valence-corrected chi connectivity index (χ3v) is 2.01. The van der Waals surface area contributed by atoms with Crippen molar-refractivity contribution in [1.29, 1.82) is 0 Å². The molecule has 0 unspecified atom stereocenters. The van der Waals surface area contributed by atoms with Gasteiger partial charge in [0.15, 0.2) is 0 Å². The average molecular weight is 182 g/mol. The monoisotopic (exact) mass is 182 g/mol. The molecule has 0 atom stereocenters. The molecule has 0 saturated carbocycles. The molecule has 0 amide bonds. The van der Waals surface area contributed by atoms with E-state index in [1.165, 1.54) is 51.4 Å². The molecule has 0 aromatic heterocycles. The maximum Gasteiger partial charge on any atom is -0.0353 e. The van der Waals surface area contributed by atoms with Crippen LogP contribution in [0.25, 0.3) is 0 Å². The summed E-state index contributed by atoms with van der Waals surface area (Å²) >= 11 is 0. The molecular weight excluding hydrogens is 156 g/mol. The molecule has 0 heterocycles. The zero-order valence-corrected chi connectivity index (χ0v) is 9.36. The first-order valence-electron chi connectivity index (χ1n) is 5.52. The second kappa shape index (κ2) is 17.5. The highest BCUT2D eigenvalue weighted by atomic mass is 13.9. The predicted molar refractivity (Wildman–Crippen MR) is 64.1 cm³/mol. The van der Waals surface area contributed by atoms with E-state index in [-0.39, 0.29) is 0 Å². The van der Waals surface area contributed by atoms with Crippen LogP contribution in [-0.4, -0.2) is 0 Å². The van der Waals surface area contributed by atoms with Crippen LogP contribution in [0.15, 0.2) is 25.8 Å². The van der Waals surface area contributed by atoms with Crippen molar-refractivity contribution in [1.82, 2.24) is 0 Å². The molecule has 0 aliphatic heterocycles. The molecule has 0 nitrogen and oxygen atoms in total. The van der Waals surface area contributed by atoms with E-state index in [0.717, 1.165) is 0 Å². The van der Waals surface area contributed by atoms with E-state index in [9.17, 15) is 0 Å². The lowest BCUT2D eigenvalue weighted by Crippen LogP contribution is -1.78. The summed E-state index contributed by atoms with van der Waals surface area (Å²) in [6.45, 7) is 12.0. The Labute approximate surface area is 84.7 Å². The second-order valence-corrected chi connectivity index (χ2v) is 3.20. The molecule has 0 aromatic rings. The molecule has 0 fully saturated rings. The van der Waals surface area contributed by atoms with E-state index in [4.69, 9.17) is 0 Å². The van der Waals surface area contributed by atoms with Gasteiger partial charge < -0.3 is 0 Å². The SMILES string of the molecule is C=C.C=CCCCCCCCCC. The summed E-state index contributed by atoms with van der Waals surface area (Å²) in [7, 11) is 0. The maximum absolute atomic E-state index is 3.71. The van der Waals surface area contributed by atoms with E-state index >= 15 is 0 Å². The molecule has 0 radical (unpaired) electrons. The van der Waals surface area contributed by atoms with E-state index in [2.05, 4.69) is 26.7 Å². The summed E-state index contributed by atoms with van der Waals surface area (Å²) in [5.41, 5.74) is 0. The van der Waals surface area contributed by atoms with E-state index in [0.29, 0.717) is 0 Å². The summed E-state index contributed by atoms with van der Waals surface area (Å²) in [6, 6.07) is 0. The van der Waals surface area contributed by atoms with Crippen LogP contribution in [0, 0.1) is 0 Å². The lowest BCUT2D eigenvalue weighted by atomic mass is 10.1. The Morgan fingerprint density at radius 2 is 1.31 bits per heavy atom. The van der Waals surface area contributed by atoms with Gasteiger partial charge in [-0.05, 0) is 12.8 Å². The Bertz CT molecular complexity index is 84.0. The zero-order valence-electron chi connectivity index (χ0n) is 9.36. The van der Waals surface area contributed by atoms with Gasteiger partial charge in [-0.15, -0.1) is 19.7 Å². The second-order valence-electron chi connectivity index (χ2n) is 3.20. The Morgan fingerprint density at radius 1 is 0.846 bits per heavy atom. The summed E-state index contributed by atoms with van der Waals surface area (Å²) in [5.74, 6) is 0. The van der Waals surface area contributed by atoms with Gasteiger partial charge in [0.25, 0.3) is 0 Å². The van der Waals surface area contributed by atoms with Crippen LogP contribution in [0.5, 0.6) is 0 Å². The first-order chi connectivity index (χ1) is 6.41. The predicted octanol–water partition coefficient (Wildman–Crippen LogP) is 5.12. The van der Waals surface area contributed by atoms with Crippen molar-refractivity contribution in [3.63, 3.8) is 0 Å². The van der Waals surface area contributed by atoms with E-state index in [1.807, 2.05) is 6.08 Å². The Balaban J connectivity index is 0. The Morgan fingerprint density at radius 3 is 1.77 bits per heavy atom. The van der Waals surface area contributed by atoms with Crippen LogP contribution >= 0.6 is 0 Å². The van der Waals surface area contributed by atoms with Gasteiger partial charge in [-0.2, -0.15) is 0 Å². The van der Waals surface area contributed by atoms with Crippen molar-refractivity contribution >= 4 is 0 Å². The minimum atomic E-state index is 1.20. The van der Waals surface area contributed by atoms with Crippen molar-refractivity contribution in [3.05, 3.63) is 25.8 Å². The maximum atomic E-state index is 3.71. The highest BCUT2D eigenvalue weighted by Gasteiger charge is 1.88. The number of hydrogen-bond donors (Lipinski definition) is 0. The number of allylic oxidation sites excluding steroid dienone is 1. The molecule has 0 saturated heterocycles. The fourth-order valence-electron chi connectivity index (χ4n) is 1.25. The molecule has 78 valence electrons. The third kappa shape index (κ3) is 18.4. The largest absolute Gasteiger partial charge is 0.106 e. The lowest BCUT2D eigenvalue weighted by molar-refractivity contribution is 0.592. The first kappa shape index (κ1) is 15.0. The van der Waals surface area contributed by atoms with Crippen LogP contribution < -0.4 is 0 Å². The van der Waals surface area contributed by atoms with Crippen molar-refractivity contribution in [2.75, 3.05) is 0 Å². The highest BCUT2D eigenvalue weighted by molar-refractivity contribution is 4.65. The van der Waals surface area contributed by atoms with Crippen LogP contribution in [-0.2, 0) is 0 Å². The molecule has 0 aliphatic rings. The standard InChI is InChI=1S/C11H22.C2H4/c1-3-5-7-9-11-10-8-6-4-2;1-2/h3H,1,4-11H2,2H3;1-2H2. The van der Waals surface area contributed by atoms with Gasteiger partial charge >= 0.3 is 0 Å². The van der Waals surface area contributed by atoms with E-state index in [1.54, 1.807) is 0 Å². The fraction of sp³-hybridized carbons (Fsp3) is 0.692. The van der Waals surface area contributed by atoms with Gasteiger partial charge in [0, 0.05) is 0 Å². The molecule has 13 heavy (non-hydrogen) atoms. The Hall–Kier alpha value is -0.520. The summed E-state index contributed by atoms with van der Waals surface area (Å²) in [5, 5.41) is 0. The Kier molecular flexibility index (Phi) is 20.2. The van der Waals surface area contributed by atoms with Gasteiger partial charge in [0.05, 0.1) is 0 Å². The van der Waals surface area contributed by atoms with Crippen LogP contribution in [0.2, 0.25) is 0 Å². The molecular formula is C13H26. The van der Waals surface area contributed by atoms with Gasteiger partial charge in [-0.25, -0.2) is 0 Å². The minimum Gasteiger partial charge on any atom is -0.106 e. The van der Waals surface area contributed by atoms with Crippen LogP contribution in [0.4, 0.5) is 0 Å². The zero-order chi connectivity index (χ0) is 10.4. The van der Waals surface area contributed by atoms with Crippen molar-refractivity contribution in [2.24, 2.45) is 0 Å². The molecule has 0 rings (SSSR count). The average Bonchev–Trinajstić information content (AvgIpc) is 2.20. The molecule has 0 aromatic carbocycles. The molecule has 0 heteroatoms. The normalized spacial score (nSPS) is 8.69. The van der Waals surface area contributed by atoms with Gasteiger partial charge in [0.1, 0.15) is 0 Å². The van der Waals surface area contributed by atoms with Crippen molar-refractivity contribution < 1.29 is 0 Å². The summed E-state index contributed by atoms with van der Waals surface area (Å²) in [4.78, 5) is 0. The molecule has 0 spiro atoms. The van der Waals surface area contributed by atoms with E-state index < -0.39 is 0 Å². The highest BCUT2D eigenvalue weighted by Crippen LogP contribution is 2.07. The van der Waals surface area contributed by atoms with Crippen LogP contribution in [0.3, 0.4) is 0 Å². The van der Waals surface area contributed by atoms with Gasteiger partial charge in [0.2, 0.25) is 0 Å². The number of hydrogen-bond acceptors (Lipinski definition) is 0. The minimum absolute atomic E-state index is 1.20. The number of rotatable bonds is 8. The first-order valence-corrected chi connectivity index (χ1v) is 5.52. The lowest BCUT2D eigenvalue weighted by Gasteiger charge is -1.98.